The number of carbonyl (C=O) groups excluding carboxylic acids is 2. The molecule has 2 N–H and O–H groups in total. The fourth-order valence-electron chi connectivity index (χ4n) is 2.71. The Morgan fingerprint density at radius 3 is 2.55 bits per heavy atom. The van der Waals surface area contributed by atoms with Crippen molar-refractivity contribution >= 4 is 29.2 Å². The van der Waals surface area contributed by atoms with Crippen molar-refractivity contribution in [3.05, 3.63) is 29.6 Å². The molecule has 1 heterocycles. The molecular formula is C20H27N3O6. The van der Waals surface area contributed by atoms with Crippen LogP contribution in [0.25, 0.3) is 11.0 Å². The molecule has 0 spiro atoms. The van der Waals surface area contributed by atoms with E-state index in [0.717, 1.165) is 12.8 Å². The van der Waals surface area contributed by atoms with E-state index in [1.54, 1.807) is 33.8 Å². The maximum atomic E-state index is 12.4. The number of benzene rings is 1. The summed E-state index contributed by atoms with van der Waals surface area (Å²) in [5.41, 5.74) is 0.462. The van der Waals surface area contributed by atoms with Gasteiger partial charge in [0.2, 0.25) is 0 Å². The van der Waals surface area contributed by atoms with Crippen molar-refractivity contribution in [2.24, 2.45) is 0 Å². The van der Waals surface area contributed by atoms with Crippen LogP contribution in [-0.2, 0) is 14.3 Å². The Bertz CT molecular complexity index is 913. The smallest absolute Gasteiger partial charge is 0.419 e. The summed E-state index contributed by atoms with van der Waals surface area (Å²) < 4.78 is 11.7. The van der Waals surface area contributed by atoms with Crippen molar-refractivity contribution in [2.75, 3.05) is 6.61 Å². The number of ether oxygens (including phenoxy) is 2. The van der Waals surface area contributed by atoms with Crippen molar-refractivity contribution < 1.29 is 29.0 Å². The van der Waals surface area contributed by atoms with E-state index in [0.29, 0.717) is 29.0 Å². The van der Waals surface area contributed by atoms with Gasteiger partial charge in [-0.05, 0) is 51.8 Å². The Hall–Kier alpha value is -3.10. The fourth-order valence-corrected chi connectivity index (χ4v) is 2.71. The third kappa shape index (κ3) is 5.69. The van der Waals surface area contributed by atoms with Crippen LogP contribution < -0.4 is 5.32 Å². The predicted molar refractivity (Wildman–Crippen MR) is 106 cm³/mol. The lowest BCUT2D eigenvalue weighted by molar-refractivity contribution is -0.139. The Morgan fingerprint density at radius 2 is 1.97 bits per heavy atom. The SMILES string of the molecule is CCCCOC(=O)n1c(C)nc2cc(C(NC(=O)OC(C)(C)C)C(=O)O)ccc21. The molecule has 9 nitrogen and oxygen atoms in total. The number of nitrogens with one attached hydrogen (secondary N) is 1. The number of hydrogen-bond donors (Lipinski definition) is 2. The maximum Gasteiger partial charge on any atom is 0.419 e. The Kier molecular flexibility index (Phi) is 6.84. The number of aryl methyl sites for hydroxylation is 1. The van der Waals surface area contributed by atoms with Crippen LogP contribution in [0, 0.1) is 6.92 Å². The van der Waals surface area contributed by atoms with E-state index in [4.69, 9.17) is 9.47 Å². The summed E-state index contributed by atoms with van der Waals surface area (Å²) >= 11 is 0. The van der Waals surface area contributed by atoms with Gasteiger partial charge in [-0.3, -0.25) is 0 Å². The van der Waals surface area contributed by atoms with Crippen LogP contribution in [0.5, 0.6) is 0 Å². The molecular weight excluding hydrogens is 378 g/mol. The molecule has 29 heavy (non-hydrogen) atoms. The number of aliphatic carboxylic acids is 1. The summed E-state index contributed by atoms with van der Waals surface area (Å²) in [6, 6.07) is 3.30. The molecule has 0 bridgehead atoms. The number of aromatic nitrogens is 2. The topological polar surface area (TPSA) is 120 Å². The summed E-state index contributed by atoms with van der Waals surface area (Å²) in [5.74, 6) is -0.823. The Labute approximate surface area is 169 Å². The summed E-state index contributed by atoms with van der Waals surface area (Å²) in [5, 5.41) is 11.9. The van der Waals surface area contributed by atoms with E-state index in [-0.39, 0.29) is 0 Å². The number of carbonyl (C=O) groups is 3. The van der Waals surface area contributed by atoms with Gasteiger partial charge in [-0.1, -0.05) is 19.4 Å². The average Bonchev–Trinajstić information content (AvgIpc) is 2.92. The number of fused-ring (bicyclic) bond motifs is 1. The summed E-state index contributed by atoms with van der Waals surface area (Å²) in [6.45, 7) is 9.02. The first-order valence-electron chi connectivity index (χ1n) is 9.42. The molecule has 1 aromatic carbocycles. The molecule has 9 heteroatoms. The van der Waals surface area contributed by atoms with Gasteiger partial charge in [0.15, 0.2) is 6.04 Å². The number of unbranched alkanes of at least 4 members (excludes halogenated alkanes) is 1. The molecule has 0 fully saturated rings. The number of hydrogen-bond acceptors (Lipinski definition) is 6. The zero-order valence-electron chi connectivity index (χ0n) is 17.3. The van der Waals surface area contributed by atoms with Crippen LogP contribution in [0.2, 0.25) is 0 Å². The highest BCUT2D eigenvalue weighted by Gasteiger charge is 2.26. The van der Waals surface area contributed by atoms with E-state index < -0.39 is 29.8 Å². The summed E-state index contributed by atoms with van der Waals surface area (Å²) in [4.78, 5) is 40.4. The van der Waals surface area contributed by atoms with Crippen LogP contribution in [0.1, 0.15) is 58.0 Å². The maximum absolute atomic E-state index is 12.4. The third-order valence-electron chi connectivity index (χ3n) is 3.99. The molecule has 2 rings (SSSR count). The van der Waals surface area contributed by atoms with Gasteiger partial charge in [0, 0.05) is 0 Å². The number of imidazole rings is 1. The van der Waals surface area contributed by atoms with Crippen molar-refractivity contribution in [1.29, 1.82) is 0 Å². The Balaban J connectivity index is 2.30. The molecule has 0 saturated carbocycles. The number of nitrogens with zero attached hydrogens (tertiary/aromatic N) is 2. The van der Waals surface area contributed by atoms with Gasteiger partial charge in [-0.25, -0.2) is 23.9 Å². The van der Waals surface area contributed by atoms with Gasteiger partial charge in [0.1, 0.15) is 11.4 Å². The van der Waals surface area contributed by atoms with E-state index >= 15 is 0 Å². The fraction of sp³-hybridized carbons (Fsp3) is 0.500. The van der Waals surface area contributed by atoms with Gasteiger partial charge in [0.05, 0.1) is 17.6 Å². The second kappa shape index (κ2) is 8.93. The number of amides is 1. The van der Waals surface area contributed by atoms with Crippen molar-refractivity contribution in [1.82, 2.24) is 14.9 Å². The van der Waals surface area contributed by atoms with Gasteiger partial charge < -0.3 is 19.9 Å². The zero-order chi connectivity index (χ0) is 21.8. The first-order chi connectivity index (χ1) is 13.5. The lowest BCUT2D eigenvalue weighted by Crippen LogP contribution is -2.38. The Morgan fingerprint density at radius 1 is 1.28 bits per heavy atom. The highest BCUT2D eigenvalue weighted by Crippen LogP contribution is 2.23. The second-order valence-corrected chi connectivity index (χ2v) is 7.63. The standard InChI is InChI=1S/C20H27N3O6/c1-6-7-10-28-19(27)23-12(2)21-14-11-13(8-9-15(14)23)16(17(24)25)22-18(26)29-20(3,4)5/h8-9,11,16H,6-7,10H2,1-5H3,(H,22,26)(H,24,25). The number of carboxylic acid groups (broad SMARTS) is 1. The van der Waals surface area contributed by atoms with Crippen LogP contribution in [0.15, 0.2) is 18.2 Å². The molecule has 1 aromatic heterocycles. The van der Waals surface area contributed by atoms with E-state index in [9.17, 15) is 19.5 Å². The van der Waals surface area contributed by atoms with Crippen LogP contribution in [0.3, 0.4) is 0 Å². The first kappa shape index (κ1) is 22.2. The van der Waals surface area contributed by atoms with Crippen molar-refractivity contribution in [3.63, 3.8) is 0 Å². The molecule has 1 atom stereocenters. The van der Waals surface area contributed by atoms with Crippen LogP contribution >= 0.6 is 0 Å². The molecule has 1 amide bonds. The monoisotopic (exact) mass is 405 g/mol. The van der Waals surface area contributed by atoms with E-state index in [1.165, 1.54) is 16.7 Å². The molecule has 0 aliphatic carbocycles. The minimum absolute atomic E-state index is 0.305. The minimum atomic E-state index is -1.32. The number of alkyl carbamates (subject to hydrolysis) is 1. The molecule has 0 aliphatic heterocycles. The summed E-state index contributed by atoms with van der Waals surface area (Å²) in [7, 11) is 0. The third-order valence-corrected chi connectivity index (χ3v) is 3.99. The van der Waals surface area contributed by atoms with Crippen LogP contribution in [-0.4, -0.2) is 45.0 Å². The van der Waals surface area contributed by atoms with Gasteiger partial charge in [-0.15, -0.1) is 0 Å². The lowest BCUT2D eigenvalue weighted by atomic mass is 10.1. The minimum Gasteiger partial charge on any atom is -0.479 e. The number of rotatable bonds is 6. The zero-order valence-corrected chi connectivity index (χ0v) is 17.3. The molecule has 1 unspecified atom stereocenters. The molecule has 0 saturated heterocycles. The normalized spacial score (nSPS) is 12.4. The van der Waals surface area contributed by atoms with E-state index in [1.807, 2.05) is 6.92 Å². The molecule has 0 radical (unpaired) electrons. The largest absolute Gasteiger partial charge is 0.479 e. The summed E-state index contributed by atoms with van der Waals surface area (Å²) in [6.07, 6.45) is 0.291. The quantitative estimate of drug-likeness (QED) is 0.702. The highest BCUT2D eigenvalue weighted by molar-refractivity contribution is 5.89. The number of carboxylic acids is 1. The van der Waals surface area contributed by atoms with Crippen molar-refractivity contribution in [3.8, 4) is 0 Å². The predicted octanol–water partition coefficient (Wildman–Crippen LogP) is 3.78. The van der Waals surface area contributed by atoms with Crippen LogP contribution in [0.4, 0.5) is 9.59 Å². The second-order valence-electron chi connectivity index (χ2n) is 7.63. The average molecular weight is 405 g/mol. The van der Waals surface area contributed by atoms with Gasteiger partial charge in [0.25, 0.3) is 0 Å². The van der Waals surface area contributed by atoms with E-state index in [2.05, 4.69) is 10.3 Å². The molecule has 2 aromatic rings. The first-order valence-corrected chi connectivity index (χ1v) is 9.42. The lowest BCUT2D eigenvalue weighted by Gasteiger charge is -2.22. The molecule has 158 valence electrons. The van der Waals surface area contributed by atoms with Crippen molar-refractivity contribution in [2.45, 2.75) is 59.1 Å². The highest BCUT2D eigenvalue weighted by atomic mass is 16.6. The van der Waals surface area contributed by atoms with Gasteiger partial charge in [-0.2, -0.15) is 0 Å². The molecule has 0 aliphatic rings. The van der Waals surface area contributed by atoms with Gasteiger partial charge >= 0.3 is 18.2 Å².